The van der Waals surface area contributed by atoms with E-state index in [1.54, 1.807) is 60.7 Å². The van der Waals surface area contributed by atoms with Gasteiger partial charge in [-0.15, -0.1) is 11.8 Å². The number of para-hydroxylation sites is 2. The van der Waals surface area contributed by atoms with Crippen molar-refractivity contribution in [3.8, 4) is 17.2 Å². The minimum atomic E-state index is -3.85. The lowest BCUT2D eigenvalue weighted by Gasteiger charge is -2.16. The number of aliphatic carboxylic acids is 1. The molecule has 0 fully saturated rings. The number of carbonyl (C=O) groups is 1. The monoisotopic (exact) mass is 642 g/mol. The van der Waals surface area contributed by atoms with Gasteiger partial charge in [0.05, 0.1) is 12.5 Å². The Morgan fingerprint density at radius 1 is 0.895 bits per heavy atom. The molecule has 3 aromatic rings. The summed E-state index contributed by atoms with van der Waals surface area (Å²) in [5.74, 6) is -0.178. The van der Waals surface area contributed by atoms with E-state index in [1.165, 1.54) is 23.9 Å². The van der Waals surface area contributed by atoms with Crippen molar-refractivity contribution in [3.63, 3.8) is 0 Å². The fourth-order valence-corrected chi connectivity index (χ4v) is 5.70. The fourth-order valence-electron chi connectivity index (χ4n) is 3.26. The van der Waals surface area contributed by atoms with Crippen LogP contribution in [0.4, 0.5) is 0 Å². The predicted molar refractivity (Wildman–Crippen MR) is 149 cm³/mol. The number of hydrogen-bond donors (Lipinski definition) is 1. The van der Waals surface area contributed by atoms with Crippen LogP contribution in [0.15, 0.2) is 82.2 Å². The second kappa shape index (κ2) is 12.7. The number of hydrogen-bond acceptors (Lipinski definition) is 9. The summed E-state index contributed by atoms with van der Waals surface area (Å²) in [4.78, 5) is 11.6. The lowest BCUT2D eigenvalue weighted by Crippen LogP contribution is -2.09. The molecule has 0 unspecified atom stereocenters. The molecule has 0 heterocycles. The number of thioether (sulfide) groups is 1. The van der Waals surface area contributed by atoms with Gasteiger partial charge >= 0.3 is 26.2 Å². The Bertz CT molecular complexity index is 1490. The average molecular weight is 644 g/mol. The smallest absolute Gasteiger partial charge is 0.341 e. The van der Waals surface area contributed by atoms with Crippen molar-refractivity contribution in [2.24, 2.45) is 0 Å². The van der Waals surface area contributed by atoms with Crippen molar-refractivity contribution < 1.29 is 39.8 Å². The zero-order chi connectivity index (χ0) is 27.9. The van der Waals surface area contributed by atoms with Gasteiger partial charge in [0, 0.05) is 26.2 Å². The number of carboxylic acid groups (broad SMARTS) is 1. The second-order valence-electron chi connectivity index (χ2n) is 7.77. The molecule has 3 rings (SSSR count). The molecular formula is C25H23BrO9S3. The van der Waals surface area contributed by atoms with Gasteiger partial charge in [-0.25, -0.2) is 4.79 Å². The normalized spacial score (nSPS) is 11.4. The molecule has 0 atom stereocenters. The fraction of sp³-hybridized carbons (Fsp3) is 0.160. The minimum absolute atomic E-state index is 0.0709. The van der Waals surface area contributed by atoms with Gasteiger partial charge in [-0.05, 0) is 51.8 Å². The first-order valence-electron chi connectivity index (χ1n) is 10.8. The third-order valence-electron chi connectivity index (χ3n) is 4.63. The molecule has 0 bridgehead atoms. The standard InChI is InChI=1S/C25H23BrO9S3/c1-37(29,30)34-22-9-5-3-7-19(22)18(20-8-4-6-10-23(20)35-38(2,31)32)13-14-36-24-12-11-17(15-21(24)26)33-16-25(27)28/h3-13,15H,14,16H2,1-2H3,(H,27,28). The molecule has 38 heavy (non-hydrogen) atoms. The van der Waals surface area contributed by atoms with Crippen LogP contribution in [0.5, 0.6) is 17.2 Å². The third kappa shape index (κ3) is 9.08. The Labute approximate surface area is 233 Å². The van der Waals surface area contributed by atoms with Crippen LogP contribution in [0.25, 0.3) is 5.57 Å². The minimum Gasteiger partial charge on any atom is -0.482 e. The molecule has 0 aliphatic heterocycles. The van der Waals surface area contributed by atoms with Gasteiger partial charge in [0.2, 0.25) is 0 Å². The first-order valence-corrected chi connectivity index (χ1v) is 16.2. The number of benzene rings is 3. The van der Waals surface area contributed by atoms with Gasteiger partial charge < -0.3 is 18.2 Å². The summed E-state index contributed by atoms with van der Waals surface area (Å²) < 4.78 is 64.0. The van der Waals surface area contributed by atoms with Crippen molar-refractivity contribution in [2.45, 2.75) is 4.90 Å². The molecule has 1 N–H and O–H groups in total. The van der Waals surface area contributed by atoms with Crippen molar-refractivity contribution >= 4 is 59.5 Å². The van der Waals surface area contributed by atoms with Crippen LogP contribution in [0.1, 0.15) is 11.1 Å². The van der Waals surface area contributed by atoms with Crippen LogP contribution in [-0.4, -0.2) is 52.8 Å². The maximum atomic E-state index is 11.9. The van der Waals surface area contributed by atoms with Gasteiger partial charge in [0.15, 0.2) is 6.61 Å². The van der Waals surface area contributed by atoms with E-state index in [0.717, 1.165) is 17.4 Å². The van der Waals surface area contributed by atoms with E-state index < -0.39 is 32.8 Å². The Hall–Kier alpha value is -3.00. The van der Waals surface area contributed by atoms with Gasteiger partial charge in [-0.1, -0.05) is 42.5 Å². The summed E-state index contributed by atoms with van der Waals surface area (Å²) >= 11 is 4.88. The van der Waals surface area contributed by atoms with Crippen LogP contribution < -0.4 is 13.1 Å². The largest absolute Gasteiger partial charge is 0.482 e. The Morgan fingerprint density at radius 3 is 1.89 bits per heavy atom. The zero-order valence-electron chi connectivity index (χ0n) is 20.2. The highest BCUT2D eigenvalue weighted by Crippen LogP contribution is 2.38. The molecule has 13 heteroatoms. The van der Waals surface area contributed by atoms with Crippen LogP contribution >= 0.6 is 27.7 Å². The highest BCUT2D eigenvalue weighted by molar-refractivity contribution is 9.10. The molecule has 0 aliphatic carbocycles. The first-order chi connectivity index (χ1) is 17.8. The molecule has 0 radical (unpaired) electrons. The molecule has 0 aromatic heterocycles. The van der Waals surface area contributed by atoms with E-state index in [4.69, 9.17) is 18.2 Å². The Balaban J connectivity index is 2.02. The number of rotatable bonds is 12. The summed E-state index contributed by atoms with van der Waals surface area (Å²) in [7, 11) is -7.70. The van der Waals surface area contributed by atoms with E-state index in [0.29, 0.717) is 32.7 Å². The summed E-state index contributed by atoms with van der Waals surface area (Å²) in [6.45, 7) is -0.463. The summed E-state index contributed by atoms with van der Waals surface area (Å²) in [6.07, 6.45) is 3.68. The molecule has 0 aliphatic rings. The first kappa shape index (κ1) is 29.6. The van der Waals surface area contributed by atoms with E-state index in [1.807, 2.05) is 0 Å². The highest BCUT2D eigenvalue weighted by atomic mass is 79.9. The van der Waals surface area contributed by atoms with Gasteiger partial charge in [0.1, 0.15) is 17.2 Å². The van der Waals surface area contributed by atoms with Crippen LogP contribution in [0.2, 0.25) is 0 Å². The third-order valence-corrected chi connectivity index (χ3v) is 7.51. The number of ether oxygens (including phenoxy) is 1. The van der Waals surface area contributed by atoms with Crippen molar-refractivity contribution in [1.29, 1.82) is 0 Å². The molecule has 202 valence electrons. The van der Waals surface area contributed by atoms with Gasteiger partial charge in [-0.2, -0.15) is 16.8 Å². The second-order valence-corrected chi connectivity index (χ2v) is 12.8. The quantitative estimate of drug-likeness (QED) is 0.217. The predicted octanol–water partition coefficient (Wildman–Crippen LogP) is 4.81. The van der Waals surface area contributed by atoms with E-state index in [-0.39, 0.29) is 11.5 Å². The van der Waals surface area contributed by atoms with E-state index in [9.17, 15) is 21.6 Å². The molecule has 3 aromatic carbocycles. The molecule has 0 spiro atoms. The molecule has 0 saturated heterocycles. The van der Waals surface area contributed by atoms with Crippen LogP contribution in [-0.2, 0) is 25.0 Å². The topological polar surface area (TPSA) is 133 Å². The van der Waals surface area contributed by atoms with Gasteiger partial charge in [0.25, 0.3) is 0 Å². The average Bonchev–Trinajstić information content (AvgIpc) is 2.81. The van der Waals surface area contributed by atoms with Crippen LogP contribution in [0, 0.1) is 0 Å². The van der Waals surface area contributed by atoms with Crippen molar-refractivity contribution in [3.05, 3.63) is 88.4 Å². The number of carboxylic acids is 1. The number of halogens is 1. The molecular weight excluding hydrogens is 620 g/mol. The maximum absolute atomic E-state index is 11.9. The van der Waals surface area contributed by atoms with Crippen molar-refractivity contribution in [1.82, 2.24) is 0 Å². The molecule has 9 nitrogen and oxygen atoms in total. The Morgan fingerprint density at radius 2 is 1.42 bits per heavy atom. The lowest BCUT2D eigenvalue weighted by molar-refractivity contribution is -0.139. The Kier molecular flexibility index (Phi) is 9.88. The zero-order valence-corrected chi connectivity index (χ0v) is 24.2. The molecule has 0 saturated carbocycles. The van der Waals surface area contributed by atoms with Crippen LogP contribution in [0.3, 0.4) is 0 Å². The highest BCUT2D eigenvalue weighted by Gasteiger charge is 2.19. The SMILES string of the molecule is CS(=O)(=O)Oc1ccccc1C(=CCSc1ccc(OCC(=O)O)cc1Br)c1ccccc1OS(C)(=O)=O. The lowest BCUT2D eigenvalue weighted by atomic mass is 9.96. The van der Waals surface area contributed by atoms with E-state index >= 15 is 0 Å². The maximum Gasteiger partial charge on any atom is 0.341 e. The summed E-state index contributed by atoms with van der Waals surface area (Å²) in [5, 5.41) is 8.79. The summed E-state index contributed by atoms with van der Waals surface area (Å²) in [6, 6.07) is 18.1. The van der Waals surface area contributed by atoms with Gasteiger partial charge in [-0.3, -0.25) is 0 Å². The molecule has 0 amide bonds. The van der Waals surface area contributed by atoms with E-state index in [2.05, 4.69) is 15.9 Å². The summed E-state index contributed by atoms with van der Waals surface area (Å²) in [5.41, 5.74) is 1.33. The van der Waals surface area contributed by atoms with Crippen molar-refractivity contribution in [2.75, 3.05) is 24.9 Å².